The maximum atomic E-state index is 11.9. The average Bonchev–Trinajstić information content (AvgIpc) is 2.08. The summed E-state index contributed by atoms with van der Waals surface area (Å²) in [5.74, 6) is 1.55. The zero-order chi connectivity index (χ0) is 10.2. The molecule has 2 aliphatic rings. The molecule has 1 heterocycles. The molecule has 1 aliphatic heterocycles. The Bertz CT molecular complexity index is 229. The molecule has 2 unspecified atom stereocenters. The summed E-state index contributed by atoms with van der Waals surface area (Å²) in [4.78, 5) is 11.9. The molecule has 0 bridgehead atoms. The Morgan fingerprint density at radius 3 is 2.43 bits per heavy atom. The van der Waals surface area contributed by atoms with Gasteiger partial charge < -0.3 is 10.6 Å². The zero-order valence-corrected chi connectivity index (χ0v) is 9.10. The molecule has 2 rings (SSSR count). The van der Waals surface area contributed by atoms with Gasteiger partial charge in [-0.1, -0.05) is 13.8 Å². The molecule has 1 saturated carbocycles. The topological polar surface area (TPSA) is 41.1 Å². The second-order valence-electron chi connectivity index (χ2n) is 5.12. The molecule has 3 nitrogen and oxygen atoms in total. The molecule has 14 heavy (non-hydrogen) atoms. The van der Waals surface area contributed by atoms with Gasteiger partial charge in [-0.3, -0.25) is 4.79 Å². The lowest BCUT2D eigenvalue weighted by atomic mass is 9.70. The van der Waals surface area contributed by atoms with Gasteiger partial charge in [0, 0.05) is 13.1 Å². The van der Waals surface area contributed by atoms with E-state index >= 15 is 0 Å². The smallest absolute Gasteiger partial charge is 0.240 e. The molecule has 0 radical (unpaired) electrons. The lowest BCUT2D eigenvalue weighted by Crippen LogP contribution is -2.65. The van der Waals surface area contributed by atoms with Crippen molar-refractivity contribution in [3.05, 3.63) is 0 Å². The monoisotopic (exact) mass is 196 g/mol. The van der Waals surface area contributed by atoms with Gasteiger partial charge in [-0.2, -0.15) is 0 Å². The van der Waals surface area contributed by atoms with E-state index in [1.807, 2.05) is 0 Å². The zero-order valence-electron chi connectivity index (χ0n) is 9.10. The Hall–Kier alpha value is -0.570. The largest absolute Gasteiger partial charge is 0.353 e. The standard InChI is InChI=1S/C11H20N2O/c1-8-5-9(2)7-11(6-8)10(14)12-3-4-13-11/h8-9,13H,3-7H2,1-2H3,(H,12,14). The first-order valence-corrected chi connectivity index (χ1v) is 5.66. The molecule has 2 atom stereocenters. The van der Waals surface area contributed by atoms with Gasteiger partial charge in [0.2, 0.25) is 5.91 Å². The second-order valence-corrected chi connectivity index (χ2v) is 5.12. The molecular formula is C11H20N2O. The highest BCUT2D eigenvalue weighted by atomic mass is 16.2. The number of amides is 1. The fourth-order valence-corrected chi connectivity index (χ4v) is 3.18. The van der Waals surface area contributed by atoms with E-state index in [2.05, 4.69) is 24.5 Å². The van der Waals surface area contributed by atoms with Crippen molar-refractivity contribution in [2.24, 2.45) is 11.8 Å². The third kappa shape index (κ3) is 1.65. The number of rotatable bonds is 0. The lowest BCUT2D eigenvalue weighted by Gasteiger charge is -2.44. The van der Waals surface area contributed by atoms with Crippen molar-refractivity contribution >= 4 is 5.91 Å². The molecule has 80 valence electrons. The van der Waals surface area contributed by atoms with Crippen molar-refractivity contribution in [3.63, 3.8) is 0 Å². The van der Waals surface area contributed by atoms with E-state index in [4.69, 9.17) is 0 Å². The maximum Gasteiger partial charge on any atom is 0.240 e. The summed E-state index contributed by atoms with van der Waals surface area (Å²) < 4.78 is 0. The summed E-state index contributed by atoms with van der Waals surface area (Å²) >= 11 is 0. The molecule has 2 fully saturated rings. The molecule has 1 saturated heterocycles. The predicted molar refractivity (Wildman–Crippen MR) is 55.9 cm³/mol. The van der Waals surface area contributed by atoms with Gasteiger partial charge in [0.1, 0.15) is 0 Å². The Morgan fingerprint density at radius 2 is 1.86 bits per heavy atom. The van der Waals surface area contributed by atoms with Gasteiger partial charge in [0.25, 0.3) is 0 Å². The molecule has 0 aromatic heterocycles. The summed E-state index contributed by atoms with van der Waals surface area (Å²) in [5.41, 5.74) is -0.241. The van der Waals surface area contributed by atoms with Gasteiger partial charge in [-0.15, -0.1) is 0 Å². The van der Waals surface area contributed by atoms with Crippen molar-refractivity contribution in [3.8, 4) is 0 Å². The average molecular weight is 196 g/mol. The van der Waals surface area contributed by atoms with Crippen LogP contribution >= 0.6 is 0 Å². The molecular weight excluding hydrogens is 176 g/mol. The summed E-state index contributed by atoms with van der Waals surface area (Å²) in [6.45, 7) is 6.20. The molecule has 1 amide bonds. The second kappa shape index (κ2) is 3.54. The van der Waals surface area contributed by atoms with E-state index in [0.717, 1.165) is 25.9 Å². The van der Waals surface area contributed by atoms with Gasteiger partial charge in [0.05, 0.1) is 5.54 Å². The number of carbonyl (C=O) groups excluding carboxylic acids is 1. The van der Waals surface area contributed by atoms with Gasteiger partial charge in [-0.25, -0.2) is 0 Å². The summed E-state index contributed by atoms with van der Waals surface area (Å²) in [5, 5.41) is 6.42. The van der Waals surface area contributed by atoms with Crippen LogP contribution in [0.2, 0.25) is 0 Å². The van der Waals surface area contributed by atoms with E-state index in [-0.39, 0.29) is 11.4 Å². The molecule has 3 heteroatoms. The predicted octanol–water partition coefficient (Wildman–Crippen LogP) is 0.901. The van der Waals surface area contributed by atoms with E-state index in [1.165, 1.54) is 6.42 Å². The van der Waals surface area contributed by atoms with Crippen LogP contribution in [0, 0.1) is 11.8 Å². The van der Waals surface area contributed by atoms with Crippen molar-refractivity contribution in [1.29, 1.82) is 0 Å². The highest BCUT2D eigenvalue weighted by Gasteiger charge is 2.44. The van der Waals surface area contributed by atoms with Crippen LogP contribution in [0.5, 0.6) is 0 Å². The third-order valence-corrected chi connectivity index (χ3v) is 3.51. The molecule has 1 aliphatic carbocycles. The number of piperazine rings is 1. The van der Waals surface area contributed by atoms with Crippen molar-refractivity contribution < 1.29 is 4.79 Å². The van der Waals surface area contributed by atoms with Crippen LogP contribution < -0.4 is 10.6 Å². The Kier molecular flexibility index (Phi) is 2.52. The Balaban J connectivity index is 2.15. The summed E-state index contributed by atoms with van der Waals surface area (Å²) in [6, 6.07) is 0. The van der Waals surface area contributed by atoms with Crippen LogP contribution in [0.3, 0.4) is 0 Å². The molecule has 0 aromatic rings. The van der Waals surface area contributed by atoms with Gasteiger partial charge in [0.15, 0.2) is 0 Å². The first-order chi connectivity index (χ1) is 6.62. The number of carbonyl (C=O) groups is 1. The number of nitrogens with one attached hydrogen (secondary N) is 2. The van der Waals surface area contributed by atoms with Crippen LogP contribution in [-0.4, -0.2) is 24.5 Å². The Labute approximate surface area is 85.6 Å². The van der Waals surface area contributed by atoms with E-state index in [9.17, 15) is 4.79 Å². The van der Waals surface area contributed by atoms with Crippen molar-refractivity contribution in [2.75, 3.05) is 13.1 Å². The summed E-state index contributed by atoms with van der Waals surface area (Å²) in [6.07, 6.45) is 3.27. The molecule has 2 N–H and O–H groups in total. The normalized spacial score (nSPS) is 43.7. The number of hydrogen-bond acceptors (Lipinski definition) is 2. The fourth-order valence-electron chi connectivity index (χ4n) is 3.18. The van der Waals surface area contributed by atoms with Crippen LogP contribution in [0.4, 0.5) is 0 Å². The lowest BCUT2D eigenvalue weighted by molar-refractivity contribution is -0.132. The van der Waals surface area contributed by atoms with Crippen LogP contribution in [-0.2, 0) is 4.79 Å². The van der Waals surface area contributed by atoms with Gasteiger partial charge >= 0.3 is 0 Å². The van der Waals surface area contributed by atoms with Gasteiger partial charge in [-0.05, 0) is 31.1 Å². The van der Waals surface area contributed by atoms with E-state index in [0.29, 0.717) is 11.8 Å². The fraction of sp³-hybridized carbons (Fsp3) is 0.909. The minimum atomic E-state index is -0.241. The summed E-state index contributed by atoms with van der Waals surface area (Å²) in [7, 11) is 0. The minimum Gasteiger partial charge on any atom is -0.353 e. The number of hydrogen-bond donors (Lipinski definition) is 2. The Morgan fingerprint density at radius 1 is 1.21 bits per heavy atom. The SMILES string of the molecule is CC1CC(C)CC2(C1)NCCNC2=O. The van der Waals surface area contributed by atoms with Crippen LogP contribution in [0.15, 0.2) is 0 Å². The van der Waals surface area contributed by atoms with Crippen molar-refractivity contribution in [2.45, 2.75) is 38.6 Å². The first kappa shape index (κ1) is 9.97. The van der Waals surface area contributed by atoms with E-state index < -0.39 is 0 Å². The maximum absolute atomic E-state index is 11.9. The minimum absolute atomic E-state index is 0.224. The molecule has 1 spiro atoms. The quantitative estimate of drug-likeness (QED) is 0.604. The first-order valence-electron chi connectivity index (χ1n) is 5.66. The van der Waals surface area contributed by atoms with Crippen LogP contribution in [0.25, 0.3) is 0 Å². The highest BCUT2D eigenvalue weighted by molar-refractivity contribution is 5.87. The third-order valence-electron chi connectivity index (χ3n) is 3.51. The van der Waals surface area contributed by atoms with Crippen LogP contribution in [0.1, 0.15) is 33.1 Å². The van der Waals surface area contributed by atoms with Crippen molar-refractivity contribution in [1.82, 2.24) is 10.6 Å². The highest BCUT2D eigenvalue weighted by Crippen LogP contribution is 2.36. The molecule has 0 aromatic carbocycles. The van der Waals surface area contributed by atoms with E-state index in [1.54, 1.807) is 0 Å².